The number of amides is 1. The molecule has 1 N–H and O–H groups in total. The molecule has 3 nitrogen and oxygen atoms in total. The van der Waals surface area contributed by atoms with Crippen LogP contribution < -0.4 is 5.32 Å². The number of benzene rings is 2. The fraction of sp³-hybridized carbons (Fsp3) is 0.0588. The molecule has 3 aromatic rings. The third kappa shape index (κ3) is 3.03. The Hall–Kier alpha value is -2.39. The standard InChI is InChI=1S/C17H13ClN2O/c18-11-12-3-6-15(7-4-12)20-17(21)14-5-8-16-13(10-14)2-1-9-19-16/h1-10H,11H2,(H,20,21). The van der Waals surface area contributed by atoms with Gasteiger partial charge in [-0.15, -0.1) is 11.6 Å². The minimum Gasteiger partial charge on any atom is -0.322 e. The van der Waals surface area contributed by atoms with Crippen LogP contribution in [0.2, 0.25) is 0 Å². The molecule has 0 fully saturated rings. The van der Waals surface area contributed by atoms with E-state index >= 15 is 0 Å². The quantitative estimate of drug-likeness (QED) is 0.735. The number of aromatic nitrogens is 1. The van der Waals surface area contributed by atoms with Crippen molar-refractivity contribution in [2.24, 2.45) is 0 Å². The van der Waals surface area contributed by atoms with Crippen molar-refractivity contribution in [3.05, 3.63) is 71.9 Å². The number of halogens is 1. The molecule has 3 rings (SSSR count). The molecule has 1 amide bonds. The van der Waals surface area contributed by atoms with Gasteiger partial charge in [-0.05, 0) is 42.0 Å². The van der Waals surface area contributed by atoms with Gasteiger partial charge in [-0.1, -0.05) is 18.2 Å². The lowest BCUT2D eigenvalue weighted by Crippen LogP contribution is -2.11. The molecule has 0 bridgehead atoms. The van der Waals surface area contributed by atoms with Crippen LogP contribution in [0.3, 0.4) is 0 Å². The number of rotatable bonds is 3. The van der Waals surface area contributed by atoms with Gasteiger partial charge in [0, 0.05) is 28.7 Å². The van der Waals surface area contributed by atoms with Crippen LogP contribution in [0.4, 0.5) is 5.69 Å². The number of hydrogen-bond acceptors (Lipinski definition) is 2. The summed E-state index contributed by atoms with van der Waals surface area (Å²) in [7, 11) is 0. The van der Waals surface area contributed by atoms with Crippen molar-refractivity contribution in [3.8, 4) is 0 Å². The lowest BCUT2D eigenvalue weighted by Gasteiger charge is -2.06. The van der Waals surface area contributed by atoms with Crippen LogP contribution >= 0.6 is 11.6 Å². The van der Waals surface area contributed by atoms with Crippen molar-refractivity contribution in [3.63, 3.8) is 0 Å². The van der Waals surface area contributed by atoms with Gasteiger partial charge < -0.3 is 5.32 Å². The number of hydrogen-bond donors (Lipinski definition) is 1. The summed E-state index contributed by atoms with van der Waals surface area (Å²) in [6.07, 6.45) is 1.74. The number of alkyl halides is 1. The largest absolute Gasteiger partial charge is 0.322 e. The number of carbonyl (C=O) groups is 1. The van der Waals surface area contributed by atoms with E-state index in [1.165, 1.54) is 0 Å². The Morgan fingerprint density at radius 2 is 1.90 bits per heavy atom. The van der Waals surface area contributed by atoms with E-state index in [-0.39, 0.29) is 5.91 Å². The fourth-order valence-corrected chi connectivity index (χ4v) is 2.28. The normalized spacial score (nSPS) is 10.5. The second kappa shape index (κ2) is 5.94. The Kier molecular flexibility index (Phi) is 3.84. The Morgan fingerprint density at radius 1 is 1.10 bits per heavy atom. The average molecular weight is 297 g/mol. The zero-order chi connectivity index (χ0) is 14.7. The van der Waals surface area contributed by atoms with Gasteiger partial charge in [0.05, 0.1) is 5.52 Å². The molecule has 1 heterocycles. The van der Waals surface area contributed by atoms with Crippen molar-refractivity contribution in [2.75, 3.05) is 5.32 Å². The predicted molar refractivity (Wildman–Crippen MR) is 85.7 cm³/mol. The molecule has 0 aliphatic carbocycles. The van der Waals surface area contributed by atoms with E-state index in [0.717, 1.165) is 22.2 Å². The second-order valence-corrected chi connectivity index (χ2v) is 4.96. The molecule has 0 atom stereocenters. The van der Waals surface area contributed by atoms with Crippen LogP contribution in [0.5, 0.6) is 0 Å². The van der Waals surface area contributed by atoms with Gasteiger partial charge in [-0.3, -0.25) is 9.78 Å². The molecule has 2 aromatic carbocycles. The van der Waals surface area contributed by atoms with E-state index in [1.54, 1.807) is 12.3 Å². The first-order valence-electron chi connectivity index (χ1n) is 6.57. The minimum atomic E-state index is -0.139. The number of anilines is 1. The highest BCUT2D eigenvalue weighted by molar-refractivity contribution is 6.17. The molecule has 4 heteroatoms. The van der Waals surface area contributed by atoms with Gasteiger partial charge in [-0.25, -0.2) is 0 Å². The Balaban J connectivity index is 1.82. The summed E-state index contributed by atoms with van der Waals surface area (Å²) < 4.78 is 0. The van der Waals surface area contributed by atoms with Crippen molar-refractivity contribution < 1.29 is 4.79 Å². The number of nitrogens with one attached hydrogen (secondary N) is 1. The molecule has 21 heavy (non-hydrogen) atoms. The molecule has 104 valence electrons. The summed E-state index contributed by atoms with van der Waals surface area (Å²) in [6.45, 7) is 0. The van der Waals surface area contributed by atoms with Crippen molar-refractivity contribution in [1.29, 1.82) is 0 Å². The van der Waals surface area contributed by atoms with Crippen LogP contribution in [0, 0.1) is 0 Å². The number of pyridine rings is 1. The molecule has 0 radical (unpaired) electrons. The van der Waals surface area contributed by atoms with Gasteiger partial charge in [0.1, 0.15) is 0 Å². The highest BCUT2D eigenvalue weighted by atomic mass is 35.5. The Labute approximate surface area is 127 Å². The third-order valence-corrected chi connectivity index (χ3v) is 3.54. The maximum atomic E-state index is 12.3. The minimum absolute atomic E-state index is 0.139. The molecule has 0 saturated carbocycles. The molecular formula is C17H13ClN2O. The van der Waals surface area contributed by atoms with Gasteiger partial charge in [0.15, 0.2) is 0 Å². The third-order valence-electron chi connectivity index (χ3n) is 3.23. The first kappa shape index (κ1) is 13.6. The molecule has 0 aliphatic heterocycles. The van der Waals surface area contributed by atoms with Gasteiger partial charge in [0.2, 0.25) is 0 Å². The van der Waals surface area contributed by atoms with Crippen LogP contribution in [0.25, 0.3) is 10.9 Å². The van der Waals surface area contributed by atoms with Crippen molar-refractivity contribution in [2.45, 2.75) is 5.88 Å². The van der Waals surface area contributed by atoms with Crippen LogP contribution in [0.1, 0.15) is 15.9 Å². The van der Waals surface area contributed by atoms with Gasteiger partial charge >= 0.3 is 0 Å². The first-order valence-corrected chi connectivity index (χ1v) is 7.11. The van der Waals surface area contributed by atoms with E-state index in [4.69, 9.17) is 11.6 Å². The summed E-state index contributed by atoms with van der Waals surface area (Å²) in [6, 6.07) is 16.7. The summed E-state index contributed by atoms with van der Waals surface area (Å²) >= 11 is 5.74. The van der Waals surface area contributed by atoms with E-state index in [0.29, 0.717) is 11.4 Å². The smallest absolute Gasteiger partial charge is 0.255 e. The lowest BCUT2D eigenvalue weighted by atomic mass is 10.1. The fourth-order valence-electron chi connectivity index (χ4n) is 2.10. The maximum Gasteiger partial charge on any atom is 0.255 e. The molecule has 1 aromatic heterocycles. The van der Waals surface area contributed by atoms with Gasteiger partial charge in [-0.2, -0.15) is 0 Å². The molecule has 0 aliphatic rings. The zero-order valence-electron chi connectivity index (χ0n) is 11.2. The average Bonchev–Trinajstić information content (AvgIpc) is 2.55. The second-order valence-electron chi connectivity index (χ2n) is 4.70. The summed E-state index contributed by atoms with van der Waals surface area (Å²) in [5.74, 6) is 0.325. The SMILES string of the molecule is O=C(Nc1ccc(CCl)cc1)c1ccc2ncccc2c1. The summed E-state index contributed by atoms with van der Waals surface area (Å²) in [4.78, 5) is 16.5. The molecular weight excluding hydrogens is 284 g/mol. The highest BCUT2D eigenvalue weighted by Crippen LogP contribution is 2.16. The van der Waals surface area contributed by atoms with E-state index in [9.17, 15) is 4.79 Å². The number of nitrogens with zero attached hydrogens (tertiary/aromatic N) is 1. The molecule has 0 unspecified atom stereocenters. The van der Waals surface area contributed by atoms with E-state index < -0.39 is 0 Å². The van der Waals surface area contributed by atoms with Crippen LogP contribution in [-0.4, -0.2) is 10.9 Å². The van der Waals surface area contributed by atoms with Crippen LogP contribution in [0.15, 0.2) is 60.8 Å². The first-order chi connectivity index (χ1) is 10.3. The van der Waals surface area contributed by atoms with Gasteiger partial charge in [0.25, 0.3) is 5.91 Å². The molecule has 0 spiro atoms. The summed E-state index contributed by atoms with van der Waals surface area (Å²) in [5.41, 5.74) is 3.25. The Bertz CT molecular complexity index is 784. The van der Waals surface area contributed by atoms with E-state index in [1.807, 2.05) is 48.5 Å². The predicted octanol–water partition coefficient (Wildman–Crippen LogP) is 4.23. The topological polar surface area (TPSA) is 42.0 Å². The number of carbonyl (C=O) groups excluding carboxylic acids is 1. The molecule has 0 saturated heterocycles. The van der Waals surface area contributed by atoms with E-state index in [2.05, 4.69) is 10.3 Å². The zero-order valence-corrected chi connectivity index (χ0v) is 12.0. The maximum absolute atomic E-state index is 12.3. The highest BCUT2D eigenvalue weighted by Gasteiger charge is 2.07. The van der Waals surface area contributed by atoms with Crippen LogP contribution in [-0.2, 0) is 5.88 Å². The Morgan fingerprint density at radius 3 is 2.67 bits per heavy atom. The van der Waals surface area contributed by atoms with Crippen molar-refractivity contribution >= 4 is 34.1 Å². The lowest BCUT2D eigenvalue weighted by molar-refractivity contribution is 0.102. The monoisotopic (exact) mass is 296 g/mol. The van der Waals surface area contributed by atoms with Crippen molar-refractivity contribution in [1.82, 2.24) is 4.98 Å². The number of fused-ring (bicyclic) bond motifs is 1. The summed E-state index contributed by atoms with van der Waals surface area (Å²) in [5, 5.41) is 3.82.